The van der Waals surface area contributed by atoms with Gasteiger partial charge < -0.3 is 9.80 Å². The smallest absolute Gasteiger partial charge is 0.227 e. The van der Waals surface area contributed by atoms with Crippen LogP contribution in [0.4, 0.5) is 4.39 Å². The molecular weight excluding hydrogens is 343 g/mol. The Morgan fingerprint density at radius 1 is 0.778 bits per heavy atom. The summed E-state index contributed by atoms with van der Waals surface area (Å²) in [4.78, 5) is 28.6. The second kappa shape index (κ2) is 8.33. The Morgan fingerprint density at radius 2 is 1.26 bits per heavy atom. The molecule has 0 bridgehead atoms. The molecule has 1 heterocycles. The van der Waals surface area contributed by atoms with Crippen molar-refractivity contribution in [2.24, 2.45) is 0 Å². The number of benzene rings is 2. The van der Waals surface area contributed by atoms with E-state index < -0.39 is 0 Å². The fourth-order valence-corrected chi connectivity index (χ4v) is 3.29. The molecular formula is C22H25FN2O2. The molecule has 0 saturated carbocycles. The molecule has 0 radical (unpaired) electrons. The van der Waals surface area contributed by atoms with E-state index in [2.05, 4.69) is 19.9 Å². The van der Waals surface area contributed by atoms with Crippen molar-refractivity contribution in [1.29, 1.82) is 0 Å². The maximum atomic E-state index is 13.0. The van der Waals surface area contributed by atoms with Gasteiger partial charge in [-0.1, -0.05) is 30.3 Å². The van der Waals surface area contributed by atoms with E-state index in [1.165, 1.54) is 23.3 Å². The number of amides is 2. The van der Waals surface area contributed by atoms with Gasteiger partial charge in [-0.15, -0.1) is 0 Å². The SMILES string of the molecule is Cc1ccc(CC(=O)N2CCN(C(=O)Cc3ccc(F)cc3)CC2)cc1C. The molecule has 5 heteroatoms. The number of hydrogen-bond donors (Lipinski definition) is 0. The second-order valence-corrected chi connectivity index (χ2v) is 7.16. The summed E-state index contributed by atoms with van der Waals surface area (Å²) in [6.07, 6.45) is 0.654. The van der Waals surface area contributed by atoms with E-state index in [4.69, 9.17) is 0 Å². The minimum Gasteiger partial charge on any atom is -0.339 e. The standard InChI is InChI=1S/C22H25FN2O2/c1-16-3-4-19(13-17(16)2)15-22(27)25-11-9-24(10-12-25)21(26)14-18-5-7-20(23)8-6-18/h3-8,13H,9-12,14-15H2,1-2H3. The zero-order chi connectivity index (χ0) is 19.4. The average molecular weight is 368 g/mol. The summed E-state index contributed by atoms with van der Waals surface area (Å²) in [5.74, 6) is -0.186. The summed E-state index contributed by atoms with van der Waals surface area (Å²) in [7, 11) is 0. The van der Waals surface area contributed by atoms with Gasteiger partial charge in [0.15, 0.2) is 0 Å². The van der Waals surface area contributed by atoms with Crippen molar-refractivity contribution >= 4 is 11.8 Å². The molecule has 0 spiro atoms. The van der Waals surface area contributed by atoms with Gasteiger partial charge in [0.25, 0.3) is 0 Å². The van der Waals surface area contributed by atoms with Crippen LogP contribution in [0.15, 0.2) is 42.5 Å². The van der Waals surface area contributed by atoms with Gasteiger partial charge in [-0.25, -0.2) is 4.39 Å². The lowest BCUT2D eigenvalue weighted by Gasteiger charge is -2.35. The van der Waals surface area contributed by atoms with Crippen molar-refractivity contribution in [3.05, 3.63) is 70.5 Å². The maximum Gasteiger partial charge on any atom is 0.227 e. The Labute approximate surface area is 159 Å². The molecule has 2 aromatic carbocycles. The number of rotatable bonds is 4. The molecule has 4 nitrogen and oxygen atoms in total. The number of aryl methyl sites for hydroxylation is 2. The van der Waals surface area contributed by atoms with Gasteiger partial charge in [-0.3, -0.25) is 9.59 Å². The van der Waals surface area contributed by atoms with Gasteiger partial charge in [0.1, 0.15) is 5.82 Å². The van der Waals surface area contributed by atoms with Crippen LogP contribution in [0.1, 0.15) is 22.3 Å². The highest BCUT2D eigenvalue weighted by Crippen LogP contribution is 2.13. The summed E-state index contributed by atoms with van der Waals surface area (Å²) in [6, 6.07) is 12.1. The van der Waals surface area contributed by atoms with Crippen molar-refractivity contribution in [3.8, 4) is 0 Å². The molecule has 1 fully saturated rings. The lowest BCUT2D eigenvalue weighted by molar-refractivity contribution is -0.138. The highest BCUT2D eigenvalue weighted by atomic mass is 19.1. The van der Waals surface area contributed by atoms with Crippen molar-refractivity contribution in [2.45, 2.75) is 26.7 Å². The van der Waals surface area contributed by atoms with Gasteiger partial charge in [0.05, 0.1) is 12.8 Å². The first-order valence-corrected chi connectivity index (χ1v) is 9.28. The molecule has 0 unspecified atom stereocenters. The summed E-state index contributed by atoms with van der Waals surface area (Å²) >= 11 is 0. The van der Waals surface area contributed by atoms with Crippen LogP contribution in [0.2, 0.25) is 0 Å². The minimum atomic E-state index is -0.304. The predicted octanol–water partition coefficient (Wildman–Crippen LogP) is 2.90. The largest absolute Gasteiger partial charge is 0.339 e. The van der Waals surface area contributed by atoms with Gasteiger partial charge in [-0.05, 0) is 48.2 Å². The first-order chi connectivity index (χ1) is 12.9. The summed E-state index contributed by atoms with van der Waals surface area (Å²) in [5.41, 5.74) is 4.24. The summed E-state index contributed by atoms with van der Waals surface area (Å²) < 4.78 is 13.0. The van der Waals surface area contributed by atoms with Crippen LogP contribution >= 0.6 is 0 Å². The third-order valence-corrected chi connectivity index (χ3v) is 5.18. The fraction of sp³-hybridized carbons (Fsp3) is 0.364. The molecule has 1 saturated heterocycles. The second-order valence-electron chi connectivity index (χ2n) is 7.16. The number of hydrogen-bond acceptors (Lipinski definition) is 2. The third-order valence-electron chi connectivity index (χ3n) is 5.18. The Balaban J connectivity index is 1.50. The van der Waals surface area contributed by atoms with E-state index in [-0.39, 0.29) is 24.1 Å². The van der Waals surface area contributed by atoms with Crippen LogP contribution in [0.3, 0.4) is 0 Å². The highest BCUT2D eigenvalue weighted by molar-refractivity contribution is 5.81. The molecule has 1 aliphatic heterocycles. The Hall–Kier alpha value is -2.69. The highest BCUT2D eigenvalue weighted by Gasteiger charge is 2.24. The van der Waals surface area contributed by atoms with Gasteiger partial charge in [0, 0.05) is 26.2 Å². The average Bonchev–Trinajstić information content (AvgIpc) is 2.66. The van der Waals surface area contributed by atoms with Crippen LogP contribution in [-0.2, 0) is 22.4 Å². The van der Waals surface area contributed by atoms with E-state index in [0.717, 1.165) is 11.1 Å². The zero-order valence-electron chi connectivity index (χ0n) is 15.9. The lowest BCUT2D eigenvalue weighted by atomic mass is 10.0. The Bertz CT molecular complexity index is 825. The normalized spacial score (nSPS) is 14.3. The third kappa shape index (κ3) is 4.94. The fourth-order valence-electron chi connectivity index (χ4n) is 3.29. The Morgan fingerprint density at radius 3 is 1.78 bits per heavy atom. The van der Waals surface area contributed by atoms with Crippen LogP contribution in [0.5, 0.6) is 0 Å². The van der Waals surface area contributed by atoms with Crippen LogP contribution in [0, 0.1) is 19.7 Å². The number of nitrogens with zero attached hydrogens (tertiary/aromatic N) is 2. The summed E-state index contributed by atoms with van der Waals surface area (Å²) in [5, 5.41) is 0. The monoisotopic (exact) mass is 368 g/mol. The molecule has 142 valence electrons. The maximum absolute atomic E-state index is 13.0. The molecule has 0 aliphatic carbocycles. The van der Waals surface area contributed by atoms with Gasteiger partial charge in [0.2, 0.25) is 11.8 Å². The molecule has 1 aliphatic rings. The van der Waals surface area contributed by atoms with Crippen molar-refractivity contribution in [1.82, 2.24) is 9.80 Å². The number of halogens is 1. The van der Waals surface area contributed by atoms with Crippen molar-refractivity contribution in [3.63, 3.8) is 0 Å². The number of carbonyl (C=O) groups is 2. The summed E-state index contributed by atoms with van der Waals surface area (Å²) in [6.45, 7) is 6.30. The Kier molecular flexibility index (Phi) is 5.89. The first-order valence-electron chi connectivity index (χ1n) is 9.28. The minimum absolute atomic E-state index is 0.0165. The van der Waals surface area contributed by atoms with Crippen molar-refractivity contribution in [2.75, 3.05) is 26.2 Å². The molecule has 27 heavy (non-hydrogen) atoms. The molecule has 2 amide bonds. The van der Waals surface area contributed by atoms with Crippen molar-refractivity contribution < 1.29 is 14.0 Å². The predicted molar refractivity (Wildman–Crippen MR) is 103 cm³/mol. The molecule has 2 aromatic rings. The lowest BCUT2D eigenvalue weighted by Crippen LogP contribution is -2.51. The van der Waals surface area contributed by atoms with E-state index in [0.29, 0.717) is 32.6 Å². The van der Waals surface area contributed by atoms with Gasteiger partial charge in [-0.2, -0.15) is 0 Å². The van der Waals surface area contributed by atoms with E-state index >= 15 is 0 Å². The molecule has 0 aromatic heterocycles. The quantitative estimate of drug-likeness (QED) is 0.833. The van der Waals surface area contributed by atoms with Crippen LogP contribution < -0.4 is 0 Å². The molecule has 0 atom stereocenters. The number of piperazine rings is 1. The van der Waals surface area contributed by atoms with Crippen LogP contribution in [0.25, 0.3) is 0 Å². The van der Waals surface area contributed by atoms with E-state index in [9.17, 15) is 14.0 Å². The molecule has 0 N–H and O–H groups in total. The van der Waals surface area contributed by atoms with E-state index in [1.54, 1.807) is 17.0 Å². The topological polar surface area (TPSA) is 40.6 Å². The first kappa shape index (κ1) is 19.1. The zero-order valence-corrected chi connectivity index (χ0v) is 15.9. The number of carbonyl (C=O) groups excluding carboxylic acids is 2. The van der Waals surface area contributed by atoms with Gasteiger partial charge >= 0.3 is 0 Å². The van der Waals surface area contributed by atoms with E-state index in [1.807, 2.05) is 17.0 Å². The molecule has 3 rings (SSSR count). The van der Waals surface area contributed by atoms with Crippen LogP contribution in [-0.4, -0.2) is 47.8 Å².